The highest BCUT2D eigenvalue weighted by Gasteiger charge is 2.26. The number of benzene rings is 5. The van der Waals surface area contributed by atoms with Crippen LogP contribution in [0.4, 0.5) is 34.4 Å². The van der Waals surface area contributed by atoms with Crippen molar-refractivity contribution in [2.45, 2.75) is 20.8 Å². The molecular weight excluding hydrogens is 524 g/mol. The zero-order valence-electron chi connectivity index (χ0n) is 24.6. The average molecular weight is 557 g/mol. The van der Waals surface area contributed by atoms with E-state index in [1.54, 1.807) is 0 Å². The van der Waals surface area contributed by atoms with Gasteiger partial charge in [-0.1, -0.05) is 66.2 Å². The Hall–Kier alpha value is -5.48. The van der Waals surface area contributed by atoms with Crippen LogP contribution in [-0.2, 0) is 0 Å². The van der Waals surface area contributed by atoms with Gasteiger partial charge in [0, 0.05) is 45.3 Å². The summed E-state index contributed by atoms with van der Waals surface area (Å²) in [6.45, 7) is 6.55. The van der Waals surface area contributed by atoms with Crippen LogP contribution in [0.1, 0.15) is 16.7 Å². The molecule has 5 aromatic carbocycles. The second-order valence-corrected chi connectivity index (χ2v) is 10.9. The zero-order valence-corrected chi connectivity index (χ0v) is 24.6. The third-order valence-electron chi connectivity index (χ3n) is 8.06. The van der Waals surface area contributed by atoms with E-state index in [2.05, 4.69) is 146 Å². The molecule has 4 nitrogen and oxygen atoms in total. The smallest absolute Gasteiger partial charge is 0.137 e. The number of nitrogens with zero attached hydrogens (tertiary/aromatic N) is 4. The van der Waals surface area contributed by atoms with E-state index in [1.807, 2.05) is 24.5 Å². The van der Waals surface area contributed by atoms with Crippen molar-refractivity contribution in [1.82, 2.24) is 9.97 Å². The molecule has 0 saturated carbocycles. The standard InChI is InChI=1S/C39H32N4/c1-27-20-21-32-33(24-27)39(43(31-16-8-5-9-17-31)37-19-11-13-23-41-37)35-26-29(3)28(2)25-34(35)38(32)42(30-14-6-4-7-15-30)36-18-10-12-22-40-36/h4-26H,1-3H3. The minimum Gasteiger partial charge on any atom is -0.294 e. The van der Waals surface area contributed by atoms with Crippen LogP contribution in [0.5, 0.6) is 0 Å². The van der Waals surface area contributed by atoms with Gasteiger partial charge in [-0.15, -0.1) is 0 Å². The molecule has 0 unspecified atom stereocenters. The van der Waals surface area contributed by atoms with Gasteiger partial charge < -0.3 is 0 Å². The summed E-state index contributed by atoms with van der Waals surface area (Å²) < 4.78 is 0. The molecule has 0 fully saturated rings. The quantitative estimate of drug-likeness (QED) is 0.151. The van der Waals surface area contributed by atoms with Crippen molar-refractivity contribution < 1.29 is 0 Å². The fourth-order valence-corrected chi connectivity index (χ4v) is 5.92. The maximum atomic E-state index is 4.87. The van der Waals surface area contributed by atoms with Gasteiger partial charge in [-0.2, -0.15) is 0 Å². The number of fused-ring (bicyclic) bond motifs is 2. The predicted octanol–water partition coefficient (Wildman–Crippen LogP) is 10.6. The summed E-state index contributed by atoms with van der Waals surface area (Å²) in [5.74, 6) is 1.74. The highest BCUT2D eigenvalue weighted by Crippen LogP contribution is 2.51. The van der Waals surface area contributed by atoms with E-state index in [0.29, 0.717) is 0 Å². The van der Waals surface area contributed by atoms with Crippen LogP contribution in [0.15, 0.2) is 140 Å². The molecule has 0 amide bonds. The molecule has 0 aliphatic carbocycles. The Morgan fingerprint density at radius 2 is 0.860 bits per heavy atom. The van der Waals surface area contributed by atoms with Crippen molar-refractivity contribution in [3.8, 4) is 0 Å². The molecule has 0 aliphatic heterocycles. The Balaban J connectivity index is 1.68. The van der Waals surface area contributed by atoms with Crippen LogP contribution in [0.3, 0.4) is 0 Å². The van der Waals surface area contributed by atoms with Gasteiger partial charge in [0.05, 0.1) is 11.4 Å². The summed E-state index contributed by atoms with van der Waals surface area (Å²) in [6, 6.07) is 44.7. The lowest BCUT2D eigenvalue weighted by molar-refractivity contribution is 1.18. The summed E-state index contributed by atoms with van der Waals surface area (Å²) in [6.07, 6.45) is 3.73. The minimum absolute atomic E-state index is 0.868. The Labute approximate surface area is 252 Å². The van der Waals surface area contributed by atoms with E-state index in [9.17, 15) is 0 Å². The molecule has 43 heavy (non-hydrogen) atoms. The van der Waals surface area contributed by atoms with Gasteiger partial charge in [0.25, 0.3) is 0 Å². The predicted molar refractivity (Wildman–Crippen MR) is 181 cm³/mol. The fraction of sp³-hybridized carbons (Fsp3) is 0.0769. The Bertz CT molecular complexity index is 1960. The van der Waals surface area contributed by atoms with Gasteiger partial charge in [0.15, 0.2) is 0 Å². The van der Waals surface area contributed by atoms with Crippen LogP contribution < -0.4 is 9.80 Å². The fourth-order valence-electron chi connectivity index (χ4n) is 5.92. The summed E-state index contributed by atoms with van der Waals surface area (Å²) in [5, 5.41) is 4.60. The molecule has 2 heterocycles. The lowest BCUT2D eigenvalue weighted by Gasteiger charge is -2.32. The van der Waals surface area contributed by atoms with E-state index in [-0.39, 0.29) is 0 Å². The van der Waals surface area contributed by atoms with Crippen molar-refractivity contribution in [1.29, 1.82) is 0 Å². The van der Waals surface area contributed by atoms with E-state index in [4.69, 9.17) is 9.97 Å². The van der Waals surface area contributed by atoms with Crippen LogP contribution in [0, 0.1) is 20.8 Å². The lowest BCUT2D eigenvalue weighted by atomic mass is 9.92. The zero-order chi connectivity index (χ0) is 29.3. The number of pyridine rings is 2. The van der Waals surface area contributed by atoms with Gasteiger partial charge in [0.1, 0.15) is 11.6 Å². The Morgan fingerprint density at radius 3 is 1.33 bits per heavy atom. The van der Waals surface area contributed by atoms with Crippen LogP contribution >= 0.6 is 0 Å². The van der Waals surface area contributed by atoms with Gasteiger partial charge in [-0.3, -0.25) is 9.80 Å². The number of aromatic nitrogens is 2. The van der Waals surface area contributed by atoms with Gasteiger partial charge in [-0.05, 0) is 98.6 Å². The number of rotatable bonds is 6. The Morgan fingerprint density at radius 1 is 0.419 bits per heavy atom. The minimum atomic E-state index is 0.868. The van der Waals surface area contributed by atoms with E-state index in [1.165, 1.54) is 16.7 Å². The summed E-state index contributed by atoms with van der Waals surface area (Å²) in [7, 11) is 0. The van der Waals surface area contributed by atoms with Gasteiger partial charge in [0.2, 0.25) is 0 Å². The summed E-state index contributed by atoms with van der Waals surface area (Å²) >= 11 is 0. The molecule has 208 valence electrons. The molecule has 0 saturated heterocycles. The second-order valence-electron chi connectivity index (χ2n) is 10.9. The number of anilines is 6. The van der Waals surface area contributed by atoms with E-state index < -0.39 is 0 Å². The number of para-hydroxylation sites is 2. The number of hydrogen-bond donors (Lipinski definition) is 0. The van der Waals surface area contributed by atoms with Crippen molar-refractivity contribution >= 4 is 55.9 Å². The molecule has 7 rings (SSSR count). The topological polar surface area (TPSA) is 32.3 Å². The molecule has 0 bridgehead atoms. The molecule has 4 heteroatoms. The Kier molecular flexibility index (Phi) is 6.80. The van der Waals surface area contributed by atoms with Crippen molar-refractivity contribution in [3.63, 3.8) is 0 Å². The van der Waals surface area contributed by atoms with Gasteiger partial charge in [-0.25, -0.2) is 9.97 Å². The first kappa shape index (κ1) is 26.4. The highest BCUT2D eigenvalue weighted by atomic mass is 15.2. The third-order valence-corrected chi connectivity index (χ3v) is 8.06. The molecular formula is C39H32N4. The molecule has 0 spiro atoms. The second kappa shape index (κ2) is 11.1. The first-order valence-corrected chi connectivity index (χ1v) is 14.6. The molecule has 0 atom stereocenters. The normalized spacial score (nSPS) is 11.1. The monoisotopic (exact) mass is 556 g/mol. The summed E-state index contributed by atoms with van der Waals surface area (Å²) in [4.78, 5) is 14.3. The lowest BCUT2D eigenvalue weighted by Crippen LogP contribution is -2.16. The maximum absolute atomic E-state index is 4.87. The van der Waals surface area contributed by atoms with Crippen LogP contribution in [0.2, 0.25) is 0 Å². The highest BCUT2D eigenvalue weighted by molar-refractivity contribution is 6.23. The third kappa shape index (κ3) is 4.77. The van der Waals surface area contributed by atoms with E-state index in [0.717, 1.165) is 55.9 Å². The number of hydrogen-bond acceptors (Lipinski definition) is 4. The molecule has 7 aromatic rings. The molecule has 0 aliphatic rings. The first-order chi connectivity index (χ1) is 21.1. The first-order valence-electron chi connectivity index (χ1n) is 14.6. The van der Waals surface area contributed by atoms with Crippen molar-refractivity contribution in [2.75, 3.05) is 9.80 Å². The number of aryl methyl sites for hydroxylation is 3. The van der Waals surface area contributed by atoms with Crippen LogP contribution in [0.25, 0.3) is 21.5 Å². The van der Waals surface area contributed by atoms with Crippen LogP contribution in [-0.4, -0.2) is 9.97 Å². The largest absolute Gasteiger partial charge is 0.294 e. The molecule has 0 radical (unpaired) electrons. The molecule has 2 aromatic heterocycles. The average Bonchev–Trinajstić information content (AvgIpc) is 3.05. The van der Waals surface area contributed by atoms with Crippen molar-refractivity contribution in [2.24, 2.45) is 0 Å². The van der Waals surface area contributed by atoms with Crippen molar-refractivity contribution in [3.05, 3.63) is 156 Å². The van der Waals surface area contributed by atoms with Gasteiger partial charge >= 0.3 is 0 Å². The molecule has 0 N–H and O–H groups in total. The SMILES string of the molecule is Cc1ccc2c(N(c3ccccc3)c3ccccn3)c3cc(C)c(C)cc3c(N(c3ccccc3)c3ccccn3)c2c1. The van der Waals surface area contributed by atoms with E-state index >= 15 is 0 Å². The summed E-state index contributed by atoms with van der Waals surface area (Å²) in [5.41, 5.74) is 8.01. The maximum Gasteiger partial charge on any atom is 0.137 e.